The fraction of sp³-hybridized carbons (Fsp3) is 0. The van der Waals surface area contributed by atoms with Gasteiger partial charge in [-0.3, -0.25) is 0 Å². The fourth-order valence-electron chi connectivity index (χ4n) is 1.14. The largest absolute Gasteiger partial charge is 0.387 e. The highest BCUT2D eigenvalue weighted by atomic mass is 14.6. The second kappa shape index (κ2) is 2.22. The van der Waals surface area contributed by atoms with Gasteiger partial charge in [-0.25, -0.2) is 0 Å². The van der Waals surface area contributed by atoms with Crippen LogP contribution in [0, 0.1) is 6.08 Å². The van der Waals surface area contributed by atoms with Crippen LogP contribution in [0.25, 0.3) is 12.2 Å². The van der Waals surface area contributed by atoms with E-state index >= 15 is 0 Å². The maximum atomic E-state index is 7.19. The summed E-state index contributed by atoms with van der Waals surface area (Å²) in [6, 6.07) is 5.54. The van der Waals surface area contributed by atoms with Crippen LogP contribution in [0.3, 0.4) is 0 Å². The summed E-state index contributed by atoms with van der Waals surface area (Å²) in [6.07, 6.45) is 8.47. The molecular formula is C10H8N+. The van der Waals surface area contributed by atoms with Crippen LogP contribution in [-0.2, 0) is 0 Å². The smallest absolute Gasteiger partial charge is 0.157 e. The Morgan fingerprint density at radius 1 is 1.45 bits per heavy atom. The average Bonchev–Trinajstić information content (AvgIpc) is 2.17. The Hall–Kier alpha value is -1.59. The molecule has 1 aliphatic rings. The topological polar surface area (TPSA) is 26.0 Å². The van der Waals surface area contributed by atoms with Crippen LogP contribution in [0.5, 0.6) is 0 Å². The zero-order valence-electron chi connectivity index (χ0n) is 7.91. The van der Waals surface area contributed by atoms with Crippen molar-refractivity contribution in [3.05, 3.63) is 41.5 Å². The lowest BCUT2D eigenvalue weighted by atomic mass is 10.0. The van der Waals surface area contributed by atoms with Gasteiger partial charge in [0.05, 0.1) is 17.3 Å². The van der Waals surface area contributed by atoms with E-state index in [0.717, 1.165) is 11.1 Å². The van der Waals surface area contributed by atoms with Crippen LogP contribution in [-0.4, -0.2) is 0 Å². The first kappa shape index (κ1) is 4.32. The van der Waals surface area contributed by atoms with Crippen LogP contribution >= 0.6 is 0 Å². The molecule has 11 heavy (non-hydrogen) atoms. The van der Waals surface area contributed by atoms with Gasteiger partial charge in [0.25, 0.3) is 0 Å². The van der Waals surface area contributed by atoms with Gasteiger partial charge in [-0.05, 0) is 12.1 Å². The fourth-order valence-corrected chi connectivity index (χ4v) is 1.14. The molecule has 1 aliphatic carbocycles. The lowest BCUT2D eigenvalue weighted by Crippen LogP contribution is -1.92. The van der Waals surface area contributed by atoms with Crippen molar-refractivity contribution in [2.24, 2.45) is 0 Å². The van der Waals surface area contributed by atoms with E-state index in [1.807, 2.05) is 24.3 Å². The van der Waals surface area contributed by atoms with Crippen molar-refractivity contribution in [2.45, 2.75) is 0 Å². The molecule has 1 aromatic rings. The molecule has 2 rings (SSSR count). The summed E-state index contributed by atoms with van der Waals surface area (Å²) >= 11 is 0. The Morgan fingerprint density at radius 3 is 3.36 bits per heavy atom. The molecule has 0 heterocycles. The van der Waals surface area contributed by atoms with E-state index in [1.54, 1.807) is 12.1 Å². The number of hydrogen-bond acceptors (Lipinski definition) is 1. The monoisotopic (exact) mass is 144 g/mol. The molecule has 0 aromatic heterocycles. The number of hydrogen-bond donors (Lipinski definition) is 1. The molecule has 1 aromatic carbocycles. The molecule has 0 atom stereocenters. The Morgan fingerprint density at radius 2 is 2.45 bits per heavy atom. The molecule has 52 valence electrons. The highest BCUT2D eigenvalue weighted by Crippen LogP contribution is 2.22. The summed E-state index contributed by atoms with van der Waals surface area (Å²) in [7, 11) is 0. The van der Waals surface area contributed by atoms with E-state index in [4.69, 9.17) is 2.82 Å². The Balaban J connectivity index is 2.60. The molecule has 1 heteroatoms. The third kappa shape index (κ3) is 0.917. The van der Waals surface area contributed by atoms with Gasteiger partial charge in [0.1, 0.15) is 17.7 Å². The molecule has 0 saturated carbocycles. The SMILES string of the molecule is [2H]N([2H])c1cccc2c1C=[C+]C=C2. The van der Waals surface area contributed by atoms with Crippen LogP contribution < -0.4 is 5.72 Å². The second-order valence-electron chi connectivity index (χ2n) is 2.42. The van der Waals surface area contributed by atoms with Crippen molar-refractivity contribution < 1.29 is 2.82 Å². The second-order valence-corrected chi connectivity index (χ2v) is 2.42. The summed E-state index contributed by atoms with van der Waals surface area (Å²) in [5.41, 5.74) is 3.11. The van der Waals surface area contributed by atoms with Gasteiger partial charge >= 0.3 is 0 Å². The summed E-state index contributed by atoms with van der Waals surface area (Å²) < 4.78 is 14.4. The molecule has 0 amide bonds. The van der Waals surface area contributed by atoms with Gasteiger partial charge in [0.15, 0.2) is 2.82 Å². The van der Waals surface area contributed by atoms with Crippen molar-refractivity contribution in [2.75, 3.05) is 5.72 Å². The summed E-state index contributed by atoms with van der Waals surface area (Å²) in [4.78, 5) is 0. The van der Waals surface area contributed by atoms with E-state index in [9.17, 15) is 0 Å². The molecule has 0 saturated heterocycles. The van der Waals surface area contributed by atoms with E-state index in [1.165, 1.54) is 0 Å². The van der Waals surface area contributed by atoms with Crippen molar-refractivity contribution in [1.29, 1.82) is 0 Å². The number of allylic oxidation sites excluding steroid dienone is 2. The summed E-state index contributed by atoms with van der Waals surface area (Å²) in [5, 5.41) is 0. The minimum absolute atomic E-state index is 0.578. The molecule has 1 nitrogen and oxygen atoms in total. The maximum absolute atomic E-state index is 7.19. The van der Waals surface area contributed by atoms with Crippen LogP contribution in [0.4, 0.5) is 5.69 Å². The Labute approximate surface area is 68.8 Å². The minimum Gasteiger partial charge on any atom is -0.387 e. The zero-order valence-corrected chi connectivity index (χ0v) is 5.91. The molecule has 0 unspecified atom stereocenters. The van der Waals surface area contributed by atoms with Crippen molar-refractivity contribution in [3.63, 3.8) is 0 Å². The number of anilines is 1. The lowest BCUT2D eigenvalue weighted by molar-refractivity contribution is 1.58. The molecule has 0 fully saturated rings. The first-order chi connectivity index (χ1) is 6.29. The van der Waals surface area contributed by atoms with Gasteiger partial charge < -0.3 is 5.72 Å². The van der Waals surface area contributed by atoms with E-state index in [2.05, 4.69) is 6.08 Å². The van der Waals surface area contributed by atoms with E-state index in [0.29, 0.717) is 11.4 Å². The van der Waals surface area contributed by atoms with Gasteiger partial charge in [-0.1, -0.05) is 6.07 Å². The van der Waals surface area contributed by atoms with Gasteiger partial charge in [-0.2, -0.15) is 0 Å². The quantitative estimate of drug-likeness (QED) is 0.474. The van der Waals surface area contributed by atoms with E-state index < -0.39 is 0 Å². The van der Waals surface area contributed by atoms with Crippen molar-refractivity contribution in [1.82, 2.24) is 0 Å². The summed E-state index contributed by atoms with van der Waals surface area (Å²) in [5.74, 6) is 0. The first-order valence-electron chi connectivity index (χ1n) is 4.35. The molecule has 0 spiro atoms. The third-order valence-corrected chi connectivity index (χ3v) is 1.70. The molecular weight excluding hydrogens is 134 g/mol. The van der Waals surface area contributed by atoms with Crippen LogP contribution in [0.15, 0.2) is 24.3 Å². The van der Waals surface area contributed by atoms with Crippen LogP contribution in [0.1, 0.15) is 11.1 Å². The number of nitrogens with two attached hydrogens (primary N) is 1. The number of benzene rings is 1. The molecule has 0 aliphatic heterocycles. The van der Waals surface area contributed by atoms with Gasteiger partial charge in [0, 0.05) is 6.08 Å². The zero-order chi connectivity index (χ0) is 9.26. The molecule has 0 bridgehead atoms. The predicted molar refractivity (Wildman–Crippen MR) is 47.6 cm³/mol. The van der Waals surface area contributed by atoms with Gasteiger partial charge in [-0.15, -0.1) is 0 Å². The lowest BCUT2D eigenvalue weighted by Gasteiger charge is -1.97. The maximum Gasteiger partial charge on any atom is 0.157 e. The average molecular weight is 144 g/mol. The standard InChI is InChI=1S/C10H8N/c11-10-7-3-5-8-4-1-2-6-9(8)10/h1,3-7H,11H2/q+1/i/hD2. The number of rotatable bonds is 1. The highest BCUT2D eigenvalue weighted by molar-refractivity contribution is 5.77. The molecule has 0 radical (unpaired) electrons. The van der Waals surface area contributed by atoms with Crippen molar-refractivity contribution >= 4 is 17.8 Å². The van der Waals surface area contributed by atoms with Crippen LogP contribution in [0.2, 0.25) is 2.82 Å². The Kier molecular flexibility index (Phi) is 0.874. The third-order valence-electron chi connectivity index (χ3n) is 1.70. The Bertz CT molecular complexity index is 381. The minimum atomic E-state index is 0.578. The number of nitrogen functional groups attached to an aromatic ring is 1. The number of fused-ring (bicyclic) bond motifs is 1. The molecule has 2 N–H and O–H groups in total. The van der Waals surface area contributed by atoms with Gasteiger partial charge in [0.2, 0.25) is 0 Å². The highest BCUT2D eigenvalue weighted by Gasteiger charge is 2.10. The predicted octanol–water partition coefficient (Wildman–Crippen LogP) is 2.11. The van der Waals surface area contributed by atoms with E-state index in [-0.39, 0.29) is 0 Å². The summed E-state index contributed by atoms with van der Waals surface area (Å²) in [6.45, 7) is 0. The normalized spacial score (nSPS) is 14.5. The van der Waals surface area contributed by atoms with Crippen molar-refractivity contribution in [3.8, 4) is 0 Å². The first-order valence-corrected chi connectivity index (χ1v) is 3.46.